The third-order valence-corrected chi connectivity index (χ3v) is 5.61. The molecule has 9 heteroatoms. The second-order valence-electron chi connectivity index (χ2n) is 7.84. The van der Waals surface area contributed by atoms with Gasteiger partial charge in [0.25, 0.3) is 11.8 Å². The van der Waals surface area contributed by atoms with Crippen LogP contribution < -0.4 is 10.6 Å². The van der Waals surface area contributed by atoms with Gasteiger partial charge >= 0.3 is 0 Å². The normalized spacial score (nSPS) is 13.3. The van der Waals surface area contributed by atoms with E-state index in [1.54, 1.807) is 48.7 Å². The molecular weight excluding hydrogens is 454 g/mol. The zero-order chi connectivity index (χ0) is 24.1. The number of pyridine rings is 1. The maximum absolute atomic E-state index is 12.9. The molecule has 0 atom stereocenters. The SMILES string of the molecule is Cc1ccc(NC(=O)c2cc(Cl)ccc2NC(=O)c2ccc(C(=N)N3CCOCC3)cc2)nc1. The second-order valence-corrected chi connectivity index (χ2v) is 8.28. The van der Waals surface area contributed by atoms with E-state index in [4.69, 9.17) is 21.7 Å². The molecule has 1 aliphatic rings. The first-order chi connectivity index (χ1) is 16.4. The van der Waals surface area contributed by atoms with Gasteiger partial charge in [-0.05, 0) is 48.9 Å². The van der Waals surface area contributed by atoms with Crippen LogP contribution >= 0.6 is 11.6 Å². The number of nitrogens with one attached hydrogen (secondary N) is 3. The summed E-state index contributed by atoms with van der Waals surface area (Å²) in [5.74, 6) is -0.0273. The van der Waals surface area contributed by atoms with Gasteiger partial charge in [-0.25, -0.2) is 4.98 Å². The van der Waals surface area contributed by atoms with E-state index in [1.165, 1.54) is 6.07 Å². The van der Waals surface area contributed by atoms with Crippen LogP contribution in [0.3, 0.4) is 0 Å². The van der Waals surface area contributed by atoms with Crippen molar-refractivity contribution < 1.29 is 14.3 Å². The number of morpholine rings is 1. The number of nitrogens with zero attached hydrogens (tertiary/aromatic N) is 2. The number of amides is 2. The molecule has 0 radical (unpaired) electrons. The first kappa shape index (κ1) is 23.4. The summed E-state index contributed by atoms with van der Waals surface area (Å²) in [7, 11) is 0. The summed E-state index contributed by atoms with van der Waals surface area (Å²) >= 11 is 6.11. The number of hydrogen-bond acceptors (Lipinski definition) is 5. The van der Waals surface area contributed by atoms with Gasteiger partial charge in [-0.1, -0.05) is 29.8 Å². The van der Waals surface area contributed by atoms with Gasteiger partial charge in [0.1, 0.15) is 11.7 Å². The Labute approximate surface area is 202 Å². The van der Waals surface area contributed by atoms with Gasteiger partial charge < -0.3 is 20.3 Å². The molecule has 4 rings (SSSR count). The molecule has 34 heavy (non-hydrogen) atoms. The number of benzene rings is 2. The van der Waals surface area contributed by atoms with Crippen molar-refractivity contribution in [2.24, 2.45) is 0 Å². The summed E-state index contributed by atoms with van der Waals surface area (Å²) in [5.41, 5.74) is 2.63. The minimum Gasteiger partial charge on any atom is -0.378 e. The molecule has 3 aromatic rings. The highest BCUT2D eigenvalue weighted by molar-refractivity contribution is 6.31. The highest BCUT2D eigenvalue weighted by Crippen LogP contribution is 2.23. The number of anilines is 2. The molecule has 174 valence electrons. The van der Waals surface area contributed by atoms with E-state index in [2.05, 4.69) is 15.6 Å². The van der Waals surface area contributed by atoms with Crippen LogP contribution in [0.2, 0.25) is 5.02 Å². The number of aromatic nitrogens is 1. The molecule has 0 unspecified atom stereocenters. The van der Waals surface area contributed by atoms with Gasteiger partial charge in [-0.3, -0.25) is 15.0 Å². The average Bonchev–Trinajstić information content (AvgIpc) is 2.86. The van der Waals surface area contributed by atoms with Gasteiger partial charge in [0.15, 0.2) is 0 Å². The van der Waals surface area contributed by atoms with Crippen LogP contribution in [0.25, 0.3) is 0 Å². The minimum absolute atomic E-state index is 0.217. The Morgan fingerprint density at radius 3 is 2.35 bits per heavy atom. The van der Waals surface area contributed by atoms with E-state index >= 15 is 0 Å². The lowest BCUT2D eigenvalue weighted by molar-refractivity contribution is 0.0680. The average molecular weight is 478 g/mol. The molecule has 0 aliphatic carbocycles. The van der Waals surface area contributed by atoms with Crippen molar-refractivity contribution in [1.82, 2.24) is 9.88 Å². The quantitative estimate of drug-likeness (QED) is 0.377. The summed E-state index contributed by atoms with van der Waals surface area (Å²) in [6, 6.07) is 15.0. The number of ether oxygens (including phenoxy) is 1. The van der Waals surface area contributed by atoms with Crippen LogP contribution in [0.5, 0.6) is 0 Å². The zero-order valence-corrected chi connectivity index (χ0v) is 19.4. The molecule has 0 saturated carbocycles. The molecule has 1 aliphatic heterocycles. The summed E-state index contributed by atoms with van der Waals surface area (Å²) in [6.07, 6.45) is 1.65. The van der Waals surface area contributed by atoms with Crippen LogP contribution in [-0.4, -0.2) is 53.8 Å². The van der Waals surface area contributed by atoms with E-state index in [0.717, 1.165) is 11.1 Å². The Morgan fingerprint density at radius 2 is 1.68 bits per heavy atom. The smallest absolute Gasteiger partial charge is 0.258 e. The number of aryl methyl sites for hydroxylation is 1. The van der Waals surface area contributed by atoms with E-state index < -0.39 is 5.91 Å². The number of halogens is 1. The summed E-state index contributed by atoms with van der Waals surface area (Å²) in [5, 5.41) is 14.3. The Morgan fingerprint density at radius 1 is 0.971 bits per heavy atom. The predicted molar refractivity (Wildman–Crippen MR) is 132 cm³/mol. The molecule has 1 aromatic heterocycles. The van der Waals surface area contributed by atoms with Crippen molar-refractivity contribution in [2.45, 2.75) is 6.92 Å². The fraction of sp³-hybridized carbons (Fsp3) is 0.200. The van der Waals surface area contributed by atoms with Crippen LogP contribution in [0.4, 0.5) is 11.5 Å². The van der Waals surface area contributed by atoms with Crippen molar-refractivity contribution in [3.63, 3.8) is 0 Å². The lowest BCUT2D eigenvalue weighted by atomic mass is 10.1. The van der Waals surface area contributed by atoms with E-state index in [0.29, 0.717) is 54.2 Å². The van der Waals surface area contributed by atoms with Gasteiger partial charge in [0.2, 0.25) is 0 Å². The highest BCUT2D eigenvalue weighted by Gasteiger charge is 2.18. The number of carbonyl (C=O) groups excluding carboxylic acids is 2. The van der Waals surface area contributed by atoms with Crippen molar-refractivity contribution in [3.8, 4) is 0 Å². The fourth-order valence-corrected chi connectivity index (χ4v) is 3.65. The zero-order valence-electron chi connectivity index (χ0n) is 18.6. The molecule has 1 saturated heterocycles. The number of rotatable bonds is 5. The number of hydrogen-bond donors (Lipinski definition) is 3. The van der Waals surface area contributed by atoms with Crippen LogP contribution in [-0.2, 0) is 4.74 Å². The Bertz CT molecular complexity index is 1210. The lowest BCUT2D eigenvalue weighted by Crippen LogP contribution is -2.40. The van der Waals surface area contributed by atoms with Crippen molar-refractivity contribution in [1.29, 1.82) is 5.41 Å². The van der Waals surface area contributed by atoms with Gasteiger partial charge in [-0.15, -0.1) is 0 Å². The third kappa shape index (κ3) is 5.59. The summed E-state index contributed by atoms with van der Waals surface area (Å²) < 4.78 is 5.33. The number of amidine groups is 1. The second kappa shape index (κ2) is 10.5. The van der Waals surface area contributed by atoms with Crippen LogP contribution in [0.15, 0.2) is 60.8 Å². The summed E-state index contributed by atoms with van der Waals surface area (Å²) in [6.45, 7) is 4.43. The van der Waals surface area contributed by atoms with E-state index in [-0.39, 0.29) is 11.5 Å². The maximum atomic E-state index is 12.9. The van der Waals surface area contributed by atoms with Crippen molar-refractivity contribution in [2.75, 3.05) is 36.9 Å². The maximum Gasteiger partial charge on any atom is 0.258 e. The Balaban J connectivity index is 1.47. The predicted octanol–water partition coefficient (Wildman–Crippen LogP) is 4.21. The highest BCUT2D eigenvalue weighted by atomic mass is 35.5. The molecule has 0 bridgehead atoms. The Hall–Kier alpha value is -3.75. The fourth-order valence-electron chi connectivity index (χ4n) is 3.48. The van der Waals surface area contributed by atoms with Gasteiger partial charge in [0, 0.05) is 35.4 Å². The van der Waals surface area contributed by atoms with E-state index in [9.17, 15) is 9.59 Å². The van der Waals surface area contributed by atoms with Gasteiger partial charge in [-0.2, -0.15) is 0 Å². The first-order valence-electron chi connectivity index (χ1n) is 10.8. The molecule has 2 heterocycles. The van der Waals surface area contributed by atoms with Gasteiger partial charge in [0.05, 0.1) is 24.5 Å². The Kier molecular flexibility index (Phi) is 7.20. The van der Waals surface area contributed by atoms with Crippen LogP contribution in [0, 0.1) is 12.3 Å². The molecule has 2 aromatic carbocycles. The molecule has 2 amide bonds. The molecular formula is C25H24ClN5O3. The summed E-state index contributed by atoms with van der Waals surface area (Å²) in [4.78, 5) is 31.9. The van der Waals surface area contributed by atoms with E-state index in [1.807, 2.05) is 17.9 Å². The van der Waals surface area contributed by atoms with Crippen molar-refractivity contribution >= 4 is 40.8 Å². The number of carbonyl (C=O) groups is 2. The minimum atomic E-state index is -0.441. The van der Waals surface area contributed by atoms with Crippen molar-refractivity contribution in [3.05, 3.63) is 88.1 Å². The standard InChI is InChI=1S/C25H24ClN5O3/c1-16-2-9-22(28-15-16)30-25(33)20-14-19(26)7-8-21(20)29-24(32)18-5-3-17(4-6-18)23(27)31-10-12-34-13-11-31/h2-9,14-15,27H,10-13H2,1H3,(H,29,32)(H,28,30,33). The first-order valence-corrected chi connectivity index (χ1v) is 11.1. The molecule has 0 spiro atoms. The lowest BCUT2D eigenvalue weighted by Gasteiger charge is -2.29. The molecule has 3 N–H and O–H groups in total. The molecule has 1 fully saturated rings. The largest absolute Gasteiger partial charge is 0.378 e. The molecule has 8 nitrogen and oxygen atoms in total. The van der Waals surface area contributed by atoms with Crippen LogP contribution in [0.1, 0.15) is 31.8 Å². The third-order valence-electron chi connectivity index (χ3n) is 5.38. The topological polar surface area (TPSA) is 107 Å². The monoisotopic (exact) mass is 477 g/mol.